The molecule has 0 aliphatic carbocycles. The van der Waals surface area contributed by atoms with Gasteiger partial charge in [0.25, 0.3) is 0 Å². The highest BCUT2D eigenvalue weighted by atomic mass is 15.3. The Labute approximate surface area is 165 Å². The molecule has 1 fully saturated rings. The molecule has 1 saturated heterocycles. The molecule has 1 aliphatic heterocycles. The summed E-state index contributed by atoms with van der Waals surface area (Å²) in [4.78, 5) is 7.45. The summed E-state index contributed by atoms with van der Waals surface area (Å²) in [5, 5.41) is 11.5. The van der Waals surface area contributed by atoms with Crippen LogP contribution in [0.25, 0.3) is 0 Å². The zero-order chi connectivity index (χ0) is 20.0. The number of hydrogen-bond acceptors (Lipinski definition) is 3. The average Bonchev–Trinajstić information content (AvgIpc) is 2.86. The lowest BCUT2D eigenvalue weighted by Crippen LogP contribution is -2.45. The van der Waals surface area contributed by atoms with Crippen LogP contribution in [-0.4, -0.2) is 58.9 Å². The first-order valence-corrected chi connectivity index (χ1v) is 10.6. The van der Waals surface area contributed by atoms with Gasteiger partial charge in [0.1, 0.15) is 0 Å². The highest BCUT2D eigenvalue weighted by molar-refractivity contribution is 5.80. The Morgan fingerprint density at radius 3 is 2.48 bits per heavy atom. The van der Waals surface area contributed by atoms with Crippen LogP contribution in [-0.2, 0) is 13.5 Å². The number of aliphatic imine (C=N–C) groups is 1. The fourth-order valence-corrected chi connectivity index (χ4v) is 3.83. The molecule has 0 radical (unpaired) electrons. The number of likely N-dealkylation sites (tertiary alicyclic amines) is 1. The highest BCUT2D eigenvalue weighted by Gasteiger charge is 2.20. The van der Waals surface area contributed by atoms with E-state index in [4.69, 9.17) is 4.99 Å². The molecule has 1 aliphatic rings. The molecule has 27 heavy (non-hydrogen) atoms. The lowest BCUT2D eigenvalue weighted by Gasteiger charge is -2.34. The summed E-state index contributed by atoms with van der Waals surface area (Å²) >= 11 is 0. The van der Waals surface area contributed by atoms with E-state index in [2.05, 4.69) is 62.2 Å². The van der Waals surface area contributed by atoms with Gasteiger partial charge < -0.3 is 10.6 Å². The van der Waals surface area contributed by atoms with E-state index in [1.54, 1.807) is 0 Å². The molecule has 1 aromatic rings. The third kappa shape index (κ3) is 6.23. The van der Waals surface area contributed by atoms with E-state index in [1.165, 1.54) is 37.2 Å². The number of nitrogens with zero attached hydrogens (tertiary/aromatic N) is 4. The van der Waals surface area contributed by atoms with Gasteiger partial charge in [-0.3, -0.25) is 14.6 Å². The van der Waals surface area contributed by atoms with Crippen molar-refractivity contribution >= 4 is 5.96 Å². The topological polar surface area (TPSA) is 57.5 Å². The first-order valence-electron chi connectivity index (χ1n) is 10.6. The molecule has 6 heteroatoms. The van der Waals surface area contributed by atoms with Crippen molar-refractivity contribution < 1.29 is 0 Å². The van der Waals surface area contributed by atoms with E-state index in [0.717, 1.165) is 37.1 Å². The van der Waals surface area contributed by atoms with Crippen LogP contribution in [0.15, 0.2) is 4.99 Å². The fourth-order valence-electron chi connectivity index (χ4n) is 3.83. The third-order valence-corrected chi connectivity index (χ3v) is 5.85. The number of nitrogens with one attached hydrogen (secondary N) is 2. The second kappa shape index (κ2) is 10.1. The van der Waals surface area contributed by atoms with Crippen LogP contribution < -0.4 is 10.6 Å². The number of rotatable bonds is 7. The predicted octanol–water partition coefficient (Wildman–Crippen LogP) is 2.64. The second-order valence-electron chi connectivity index (χ2n) is 8.31. The van der Waals surface area contributed by atoms with Crippen molar-refractivity contribution in [3.63, 3.8) is 0 Å². The minimum atomic E-state index is 0.301. The number of aryl methyl sites for hydroxylation is 2. The van der Waals surface area contributed by atoms with Crippen molar-refractivity contribution in [3.8, 4) is 0 Å². The summed E-state index contributed by atoms with van der Waals surface area (Å²) < 4.78 is 1.97. The van der Waals surface area contributed by atoms with Crippen LogP contribution in [0.3, 0.4) is 0 Å². The predicted molar refractivity (Wildman–Crippen MR) is 114 cm³/mol. The summed E-state index contributed by atoms with van der Waals surface area (Å²) in [6.45, 7) is 17.4. The molecule has 154 valence electrons. The monoisotopic (exact) mass is 376 g/mol. The highest BCUT2D eigenvalue weighted by Crippen LogP contribution is 2.18. The Kier molecular flexibility index (Phi) is 8.14. The van der Waals surface area contributed by atoms with Crippen molar-refractivity contribution in [2.75, 3.05) is 26.2 Å². The number of aromatic nitrogens is 2. The van der Waals surface area contributed by atoms with E-state index in [0.29, 0.717) is 12.1 Å². The van der Waals surface area contributed by atoms with Crippen LogP contribution >= 0.6 is 0 Å². The molecular formula is C21H40N6. The lowest BCUT2D eigenvalue weighted by molar-refractivity contribution is 0.150. The van der Waals surface area contributed by atoms with Gasteiger partial charge in [-0.15, -0.1) is 0 Å². The van der Waals surface area contributed by atoms with Crippen molar-refractivity contribution in [1.82, 2.24) is 25.3 Å². The lowest BCUT2D eigenvalue weighted by atomic mass is 9.98. The maximum absolute atomic E-state index is 4.87. The summed E-state index contributed by atoms with van der Waals surface area (Å²) in [6, 6.07) is 0.793. The normalized spacial score (nSPS) is 19.1. The molecule has 0 aromatic carbocycles. The summed E-state index contributed by atoms with van der Waals surface area (Å²) in [6.07, 6.45) is 3.58. The quantitative estimate of drug-likeness (QED) is 0.567. The standard InChI is InChI=1S/C21H40N6/c1-8-22-21(23-14-17(4)27-11-9-15(2)10-12-27)24-16(3)13-20-18(5)25-26(7)19(20)6/h15-17H,8-14H2,1-7H3,(H2,22,23,24). The number of piperidine rings is 1. The zero-order valence-corrected chi connectivity index (χ0v) is 18.5. The molecule has 2 atom stereocenters. The molecule has 0 amide bonds. The Balaban J connectivity index is 1.92. The van der Waals surface area contributed by atoms with Crippen LogP contribution in [0.4, 0.5) is 0 Å². The Bertz CT molecular complexity index is 612. The molecule has 2 N–H and O–H groups in total. The third-order valence-electron chi connectivity index (χ3n) is 5.85. The van der Waals surface area contributed by atoms with E-state index in [1.807, 2.05) is 11.7 Å². The van der Waals surface area contributed by atoms with Gasteiger partial charge in [-0.1, -0.05) is 6.92 Å². The summed E-state index contributed by atoms with van der Waals surface area (Å²) in [5.41, 5.74) is 3.71. The van der Waals surface area contributed by atoms with Gasteiger partial charge in [-0.2, -0.15) is 5.10 Å². The Hall–Kier alpha value is -1.56. The van der Waals surface area contributed by atoms with Crippen LogP contribution in [0.5, 0.6) is 0 Å². The van der Waals surface area contributed by atoms with E-state index in [-0.39, 0.29) is 0 Å². The van der Waals surface area contributed by atoms with Gasteiger partial charge in [0, 0.05) is 31.4 Å². The van der Waals surface area contributed by atoms with Crippen LogP contribution in [0.1, 0.15) is 57.5 Å². The SMILES string of the molecule is CCNC(=NCC(C)N1CCC(C)CC1)NC(C)Cc1c(C)nn(C)c1C. The largest absolute Gasteiger partial charge is 0.357 e. The van der Waals surface area contributed by atoms with Crippen LogP contribution in [0.2, 0.25) is 0 Å². The summed E-state index contributed by atoms with van der Waals surface area (Å²) in [5.74, 6) is 1.79. The van der Waals surface area contributed by atoms with Gasteiger partial charge in [-0.05, 0) is 78.5 Å². The molecule has 0 spiro atoms. The zero-order valence-electron chi connectivity index (χ0n) is 18.5. The molecule has 1 aromatic heterocycles. The molecule has 0 bridgehead atoms. The summed E-state index contributed by atoms with van der Waals surface area (Å²) in [7, 11) is 2.01. The smallest absolute Gasteiger partial charge is 0.191 e. The van der Waals surface area contributed by atoms with E-state index >= 15 is 0 Å². The van der Waals surface area contributed by atoms with Gasteiger partial charge >= 0.3 is 0 Å². The Morgan fingerprint density at radius 1 is 1.26 bits per heavy atom. The average molecular weight is 377 g/mol. The molecule has 6 nitrogen and oxygen atoms in total. The van der Waals surface area contributed by atoms with E-state index < -0.39 is 0 Å². The molecule has 2 unspecified atom stereocenters. The fraction of sp³-hybridized carbons (Fsp3) is 0.810. The molecule has 0 saturated carbocycles. The Morgan fingerprint density at radius 2 is 1.93 bits per heavy atom. The van der Waals surface area contributed by atoms with Crippen molar-refractivity contribution in [3.05, 3.63) is 17.0 Å². The second-order valence-corrected chi connectivity index (χ2v) is 8.31. The van der Waals surface area contributed by atoms with E-state index in [9.17, 15) is 0 Å². The van der Waals surface area contributed by atoms with Gasteiger partial charge in [0.15, 0.2) is 5.96 Å². The molecular weight excluding hydrogens is 336 g/mol. The first-order chi connectivity index (χ1) is 12.8. The number of guanidine groups is 1. The minimum absolute atomic E-state index is 0.301. The van der Waals surface area contributed by atoms with Crippen LogP contribution in [0, 0.1) is 19.8 Å². The maximum atomic E-state index is 4.87. The van der Waals surface area contributed by atoms with Gasteiger partial charge in [-0.25, -0.2) is 0 Å². The minimum Gasteiger partial charge on any atom is -0.357 e. The molecule has 2 rings (SSSR count). The van der Waals surface area contributed by atoms with Crippen molar-refractivity contribution in [2.24, 2.45) is 18.0 Å². The first kappa shape index (κ1) is 21.7. The number of hydrogen-bond donors (Lipinski definition) is 2. The van der Waals surface area contributed by atoms with Crippen molar-refractivity contribution in [2.45, 2.75) is 72.9 Å². The van der Waals surface area contributed by atoms with Gasteiger partial charge in [0.2, 0.25) is 0 Å². The molecule has 2 heterocycles. The van der Waals surface area contributed by atoms with Gasteiger partial charge in [0.05, 0.1) is 12.2 Å². The maximum Gasteiger partial charge on any atom is 0.191 e. The van der Waals surface area contributed by atoms with Crippen molar-refractivity contribution in [1.29, 1.82) is 0 Å².